The summed E-state index contributed by atoms with van der Waals surface area (Å²) in [6.45, 7) is 0.401. The molecule has 0 aliphatic carbocycles. The molecule has 196 valence electrons. The summed E-state index contributed by atoms with van der Waals surface area (Å²) in [6.07, 6.45) is -2.96. The first-order valence-corrected chi connectivity index (χ1v) is 12.1. The van der Waals surface area contributed by atoms with E-state index in [-0.39, 0.29) is 22.5 Å². The number of thioether (sulfide) groups is 1. The molecule has 1 amide bonds. The van der Waals surface area contributed by atoms with E-state index in [1.165, 1.54) is 12.1 Å². The van der Waals surface area contributed by atoms with Gasteiger partial charge in [-0.25, -0.2) is 10.1 Å². The third kappa shape index (κ3) is 7.26. The highest BCUT2D eigenvalue weighted by Gasteiger charge is 2.30. The third-order valence-electron chi connectivity index (χ3n) is 4.99. The average Bonchev–Trinajstić information content (AvgIpc) is 3.26. The number of nitrogens with two attached hydrogens (primary N) is 1. The minimum absolute atomic E-state index is 0.0318. The van der Waals surface area contributed by atoms with Crippen LogP contribution in [0.25, 0.3) is 0 Å². The Kier molecular flexibility index (Phi) is 8.48. The molecule has 0 spiro atoms. The van der Waals surface area contributed by atoms with Crippen molar-refractivity contribution in [1.82, 2.24) is 14.9 Å². The van der Waals surface area contributed by atoms with Crippen LogP contribution in [0.4, 0.5) is 24.8 Å². The van der Waals surface area contributed by atoms with E-state index in [1.54, 1.807) is 6.21 Å². The molecular formula is C25H22F3N7O2S. The number of nitrogen functional groups attached to an aromatic ring is 1. The van der Waals surface area contributed by atoms with Gasteiger partial charge < -0.3 is 15.9 Å². The molecule has 38 heavy (non-hydrogen) atoms. The zero-order valence-corrected chi connectivity index (χ0v) is 20.5. The standard InChI is InChI=1S/C25H22F3N7O2S/c26-25(27,28)19-10-6-11-20(13-19)31-22(36)16-38-24-34-33-23(35(24)29)32-30-14-18-9-4-5-12-21(18)37-15-17-7-2-1-3-8-17/h1-14H,15-16,29H2,(H,31,36)(H,32,33)/b30-14+. The highest BCUT2D eigenvalue weighted by molar-refractivity contribution is 7.99. The number of para-hydroxylation sites is 1. The Morgan fingerprint density at radius 3 is 2.61 bits per heavy atom. The Morgan fingerprint density at radius 2 is 1.82 bits per heavy atom. The van der Waals surface area contributed by atoms with Crippen LogP contribution in [0.3, 0.4) is 0 Å². The summed E-state index contributed by atoms with van der Waals surface area (Å²) in [6, 6.07) is 21.5. The first-order chi connectivity index (χ1) is 18.3. The van der Waals surface area contributed by atoms with Crippen LogP contribution >= 0.6 is 11.8 Å². The molecule has 0 saturated heterocycles. The summed E-state index contributed by atoms with van der Waals surface area (Å²) in [5, 5.41) is 14.6. The number of amides is 1. The number of hydrazone groups is 1. The van der Waals surface area contributed by atoms with Crippen LogP contribution in [0.2, 0.25) is 0 Å². The predicted octanol–water partition coefficient (Wildman–Crippen LogP) is 4.77. The van der Waals surface area contributed by atoms with Gasteiger partial charge in [-0.15, -0.1) is 10.2 Å². The lowest BCUT2D eigenvalue weighted by molar-refractivity contribution is -0.137. The highest BCUT2D eigenvalue weighted by Crippen LogP contribution is 2.30. The Hall–Kier alpha value is -4.52. The maximum Gasteiger partial charge on any atom is 0.416 e. The monoisotopic (exact) mass is 541 g/mol. The normalized spacial score (nSPS) is 11.4. The van der Waals surface area contributed by atoms with Gasteiger partial charge in [-0.3, -0.25) is 4.79 Å². The summed E-state index contributed by atoms with van der Waals surface area (Å²) in [4.78, 5) is 12.2. The van der Waals surface area contributed by atoms with Gasteiger partial charge in [-0.2, -0.15) is 18.3 Å². The van der Waals surface area contributed by atoms with Gasteiger partial charge in [-0.05, 0) is 35.9 Å². The van der Waals surface area contributed by atoms with E-state index in [9.17, 15) is 18.0 Å². The highest BCUT2D eigenvalue weighted by atomic mass is 32.2. The number of ether oxygens (including phenoxy) is 1. The second-order valence-electron chi connectivity index (χ2n) is 7.77. The summed E-state index contributed by atoms with van der Waals surface area (Å²) in [5.74, 6) is 6.06. The zero-order chi connectivity index (χ0) is 27.0. The van der Waals surface area contributed by atoms with Gasteiger partial charge >= 0.3 is 6.18 Å². The molecule has 1 aromatic heterocycles. The molecule has 9 nitrogen and oxygen atoms in total. The van der Waals surface area contributed by atoms with Crippen molar-refractivity contribution in [1.29, 1.82) is 0 Å². The van der Waals surface area contributed by atoms with Gasteiger partial charge in [0.1, 0.15) is 12.4 Å². The summed E-state index contributed by atoms with van der Waals surface area (Å²) < 4.78 is 45.6. The summed E-state index contributed by atoms with van der Waals surface area (Å²) >= 11 is 0.960. The quantitative estimate of drug-likeness (QED) is 0.115. The van der Waals surface area contributed by atoms with Crippen molar-refractivity contribution in [3.63, 3.8) is 0 Å². The van der Waals surface area contributed by atoms with Gasteiger partial charge in [0.2, 0.25) is 11.1 Å². The molecule has 4 rings (SSSR count). The van der Waals surface area contributed by atoms with Crippen molar-refractivity contribution in [2.75, 3.05) is 22.3 Å². The van der Waals surface area contributed by atoms with Crippen LogP contribution in [-0.2, 0) is 17.6 Å². The molecule has 0 fully saturated rings. The number of hydrogen-bond acceptors (Lipinski definition) is 8. The van der Waals surface area contributed by atoms with E-state index in [0.717, 1.165) is 39.7 Å². The molecule has 3 aromatic carbocycles. The number of anilines is 2. The maximum atomic E-state index is 12.9. The van der Waals surface area contributed by atoms with E-state index in [4.69, 9.17) is 10.6 Å². The second kappa shape index (κ2) is 12.1. The molecule has 4 aromatic rings. The molecule has 0 aliphatic heterocycles. The van der Waals surface area contributed by atoms with Crippen LogP contribution in [0, 0.1) is 0 Å². The predicted molar refractivity (Wildman–Crippen MR) is 139 cm³/mol. The largest absolute Gasteiger partial charge is 0.488 e. The van der Waals surface area contributed by atoms with Crippen LogP contribution in [0.15, 0.2) is 89.1 Å². The van der Waals surface area contributed by atoms with Crippen LogP contribution < -0.4 is 21.3 Å². The van der Waals surface area contributed by atoms with Gasteiger partial charge in [0.05, 0.1) is 17.5 Å². The van der Waals surface area contributed by atoms with Crippen LogP contribution in [0.5, 0.6) is 5.75 Å². The smallest absolute Gasteiger partial charge is 0.416 e. The van der Waals surface area contributed by atoms with Crippen molar-refractivity contribution in [2.45, 2.75) is 17.9 Å². The molecule has 1 heterocycles. The first-order valence-electron chi connectivity index (χ1n) is 11.1. The molecule has 0 saturated carbocycles. The van der Waals surface area contributed by atoms with E-state index in [2.05, 4.69) is 26.0 Å². The van der Waals surface area contributed by atoms with E-state index in [1.807, 2.05) is 54.6 Å². The van der Waals surface area contributed by atoms with Crippen LogP contribution in [0.1, 0.15) is 16.7 Å². The first kappa shape index (κ1) is 26.5. The fourth-order valence-corrected chi connectivity index (χ4v) is 3.82. The van der Waals surface area contributed by atoms with Crippen molar-refractivity contribution in [2.24, 2.45) is 5.10 Å². The van der Waals surface area contributed by atoms with Crippen molar-refractivity contribution in [3.05, 3.63) is 95.6 Å². The molecule has 0 aliphatic rings. The Morgan fingerprint density at radius 1 is 1.05 bits per heavy atom. The zero-order valence-electron chi connectivity index (χ0n) is 19.7. The van der Waals surface area contributed by atoms with E-state index < -0.39 is 17.6 Å². The number of nitrogens with zero attached hydrogens (tertiary/aromatic N) is 4. The summed E-state index contributed by atoms with van der Waals surface area (Å²) in [7, 11) is 0. The van der Waals surface area contributed by atoms with Gasteiger partial charge in [0, 0.05) is 11.3 Å². The molecule has 0 radical (unpaired) electrons. The number of benzene rings is 3. The number of hydrogen-bond donors (Lipinski definition) is 3. The lowest BCUT2D eigenvalue weighted by Gasteiger charge is -2.09. The fourth-order valence-electron chi connectivity index (χ4n) is 3.17. The number of rotatable bonds is 10. The van der Waals surface area contributed by atoms with Gasteiger partial charge in [-0.1, -0.05) is 60.3 Å². The minimum atomic E-state index is -4.51. The van der Waals surface area contributed by atoms with Crippen molar-refractivity contribution in [3.8, 4) is 5.75 Å². The number of carbonyl (C=O) groups is 1. The van der Waals surface area contributed by atoms with Gasteiger partial charge in [0.25, 0.3) is 5.95 Å². The lowest BCUT2D eigenvalue weighted by Crippen LogP contribution is -2.17. The molecular weight excluding hydrogens is 519 g/mol. The van der Waals surface area contributed by atoms with Crippen molar-refractivity contribution >= 4 is 35.5 Å². The lowest BCUT2D eigenvalue weighted by atomic mass is 10.2. The van der Waals surface area contributed by atoms with Gasteiger partial charge in [0.15, 0.2) is 0 Å². The average molecular weight is 542 g/mol. The van der Waals surface area contributed by atoms with Crippen LogP contribution in [-0.4, -0.2) is 32.7 Å². The number of aromatic nitrogens is 3. The Balaban J connectivity index is 1.31. The van der Waals surface area contributed by atoms with E-state index in [0.29, 0.717) is 12.4 Å². The van der Waals surface area contributed by atoms with E-state index >= 15 is 0 Å². The molecule has 4 N–H and O–H groups in total. The minimum Gasteiger partial charge on any atom is -0.488 e. The topological polar surface area (TPSA) is 119 Å². The molecule has 0 bridgehead atoms. The summed E-state index contributed by atoms with van der Waals surface area (Å²) in [5.41, 5.74) is 3.62. The maximum absolute atomic E-state index is 12.9. The SMILES string of the molecule is Nn1c(N/N=C/c2ccccc2OCc2ccccc2)nnc1SCC(=O)Nc1cccc(C(F)(F)F)c1. The number of carbonyl (C=O) groups excluding carboxylic acids is 1. The molecule has 0 atom stereocenters. The number of halogens is 3. The number of alkyl halides is 3. The Labute approximate surface area is 219 Å². The fraction of sp³-hybridized carbons (Fsp3) is 0.120. The molecule has 0 unspecified atom stereocenters. The molecule has 13 heteroatoms. The Bertz CT molecular complexity index is 1410. The third-order valence-corrected chi connectivity index (χ3v) is 5.94. The van der Waals surface area contributed by atoms with Crippen molar-refractivity contribution < 1.29 is 22.7 Å². The second-order valence-corrected chi connectivity index (χ2v) is 8.72. The number of nitrogens with one attached hydrogen (secondary N) is 2.